The van der Waals surface area contributed by atoms with E-state index < -0.39 is 8.32 Å². The Bertz CT molecular complexity index is 916. The summed E-state index contributed by atoms with van der Waals surface area (Å²) in [5.41, 5.74) is 2.45. The van der Waals surface area contributed by atoms with E-state index in [2.05, 4.69) is 35.7 Å². The Kier molecular flexibility index (Phi) is 5.28. The molecule has 0 bridgehead atoms. The van der Waals surface area contributed by atoms with Gasteiger partial charge in [0.15, 0.2) is 8.32 Å². The number of aromatic nitrogens is 2. The quantitative estimate of drug-likeness (QED) is 0.507. The van der Waals surface area contributed by atoms with E-state index in [-0.39, 0.29) is 12.0 Å². The third-order valence-corrected chi connectivity index (χ3v) is 5.73. The minimum absolute atomic E-state index is 0.277. The lowest BCUT2D eigenvalue weighted by Crippen LogP contribution is -2.29. The zero-order valence-corrected chi connectivity index (χ0v) is 17.4. The van der Waals surface area contributed by atoms with Gasteiger partial charge in [-0.25, -0.2) is 10.0 Å². The number of fused-ring (bicyclic) bond motifs is 1. The lowest BCUT2D eigenvalue weighted by molar-refractivity contribution is -0.0760. The van der Waals surface area contributed by atoms with Crippen LogP contribution < -0.4 is 0 Å². The molecule has 1 N–H and O–H groups in total. The molecule has 1 unspecified atom stereocenters. The fourth-order valence-corrected chi connectivity index (χ4v) is 4.53. The van der Waals surface area contributed by atoms with Gasteiger partial charge in [0, 0.05) is 35.1 Å². The van der Waals surface area contributed by atoms with Crippen LogP contribution in [0.3, 0.4) is 0 Å². The van der Waals surface area contributed by atoms with Crippen LogP contribution in [0.25, 0.3) is 10.9 Å². The van der Waals surface area contributed by atoms with E-state index in [1.165, 1.54) is 23.5 Å². The van der Waals surface area contributed by atoms with Crippen molar-refractivity contribution in [3.05, 3.63) is 52.1 Å². The summed E-state index contributed by atoms with van der Waals surface area (Å²) in [5, 5.41) is 4.79. The van der Waals surface area contributed by atoms with Gasteiger partial charge in [-0.05, 0) is 25.7 Å². The number of aromatic amines is 1. The van der Waals surface area contributed by atoms with E-state index in [1.807, 2.05) is 24.4 Å². The molecule has 0 radical (unpaired) electrons. The second kappa shape index (κ2) is 7.32. The number of amides is 1. The Labute approximate surface area is 157 Å². The van der Waals surface area contributed by atoms with Crippen molar-refractivity contribution in [2.24, 2.45) is 0 Å². The average Bonchev–Trinajstić information content (AvgIpc) is 3.25. The molecule has 3 rings (SSSR count). The Hall–Kier alpha value is -2.00. The summed E-state index contributed by atoms with van der Waals surface area (Å²) in [4.78, 5) is 25.1. The van der Waals surface area contributed by atoms with Crippen molar-refractivity contribution in [1.82, 2.24) is 15.0 Å². The van der Waals surface area contributed by atoms with Gasteiger partial charge in [0.05, 0.1) is 7.11 Å². The molecule has 0 spiro atoms. The largest absolute Gasteiger partial charge is 0.404 e. The van der Waals surface area contributed by atoms with Gasteiger partial charge in [0.25, 0.3) is 5.91 Å². The van der Waals surface area contributed by atoms with Crippen molar-refractivity contribution in [3.8, 4) is 0 Å². The molecule has 2 aromatic heterocycles. The molecule has 6 nitrogen and oxygen atoms in total. The molecule has 1 aromatic carbocycles. The topological polar surface area (TPSA) is 67.4 Å². The maximum atomic E-state index is 12.3. The first kappa shape index (κ1) is 18.8. The van der Waals surface area contributed by atoms with Gasteiger partial charge in [-0.15, -0.1) is 11.3 Å². The molecule has 0 aliphatic carbocycles. The third-order valence-electron chi connectivity index (χ3n) is 3.90. The highest BCUT2D eigenvalue weighted by molar-refractivity contribution is 7.10. The number of hydrogen-bond donors (Lipinski definition) is 1. The summed E-state index contributed by atoms with van der Waals surface area (Å²) >= 11 is 1.43. The summed E-state index contributed by atoms with van der Waals surface area (Å²) in [6.45, 7) is 6.44. The first-order chi connectivity index (χ1) is 12.3. The molecular weight excluding hydrogens is 366 g/mol. The van der Waals surface area contributed by atoms with Crippen molar-refractivity contribution < 1.29 is 14.1 Å². The Morgan fingerprint density at radius 3 is 2.73 bits per heavy atom. The molecule has 0 fully saturated rings. The average molecular weight is 390 g/mol. The van der Waals surface area contributed by atoms with Crippen LogP contribution in [-0.2, 0) is 9.26 Å². The first-order valence-corrected chi connectivity index (χ1v) is 12.6. The summed E-state index contributed by atoms with van der Waals surface area (Å²) in [6.07, 6.45) is 1.66. The van der Waals surface area contributed by atoms with Gasteiger partial charge in [-0.2, -0.15) is 0 Å². The van der Waals surface area contributed by atoms with Gasteiger partial charge in [0.2, 0.25) is 0 Å². The van der Waals surface area contributed by atoms with E-state index >= 15 is 0 Å². The molecule has 8 heteroatoms. The third kappa shape index (κ3) is 3.88. The first-order valence-electron chi connectivity index (χ1n) is 8.31. The molecular formula is C18H23N3O3SSi. The van der Waals surface area contributed by atoms with Gasteiger partial charge < -0.3 is 9.41 Å². The predicted molar refractivity (Wildman–Crippen MR) is 106 cm³/mol. The van der Waals surface area contributed by atoms with Crippen molar-refractivity contribution in [2.45, 2.75) is 25.7 Å². The van der Waals surface area contributed by atoms with Crippen molar-refractivity contribution in [1.29, 1.82) is 0 Å². The van der Waals surface area contributed by atoms with Crippen LogP contribution in [0.15, 0.2) is 35.8 Å². The van der Waals surface area contributed by atoms with Crippen LogP contribution in [0.5, 0.6) is 0 Å². The molecule has 138 valence electrons. The summed E-state index contributed by atoms with van der Waals surface area (Å²) in [5.74, 6) is -0.277. The highest BCUT2D eigenvalue weighted by atomic mass is 32.1. The second-order valence-corrected chi connectivity index (χ2v) is 12.3. The van der Waals surface area contributed by atoms with E-state index in [4.69, 9.17) is 9.26 Å². The van der Waals surface area contributed by atoms with E-state index in [9.17, 15) is 4.79 Å². The number of para-hydroxylation sites is 1. The number of hydrogen-bond acceptors (Lipinski definition) is 5. The van der Waals surface area contributed by atoms with E-state index in [0.29, 0.717) is 5.69 Å². The number of hydroxylamine groups is 2. The predicted octanol–water partition coefficient (Wildman–Crippen LogP) is 4.20. The molecule has 1 amide bonds. The molecule has 0 aliphatic rings. The van der Waals surface area contributed by atoms with Crippen LogP contribution in [0.2, 0.25) is 19.6 Å². The van der Waals surface area contributed by atoms with Gasteiger partial charge in [0.1, 0.15) is 16.8 Å². The summed E-state index contributed by atoms with van der Waals surface area (Å²) in [7, 11) is 1.16. The Morgan fingerprint density at radius 2 is 2.04 bits per heavy atom. The molecule has 26 heavy (non-hydrogen) atoms. The summed E-state index contributed by atoms with van der Waals surface area (Å²) in [6, 6.07) is 8.11. The zero-order valence-electron chi connectivity index (χ0n) is 15.6. The maximum absolute atomic E-state index is 12.3. The number of rotatable bonds is 6. The number of thiazole rings is 1. The number of H-pyrrole nitrogens is 1. The number of carbonyl (C=O) groups excluding carboxylic acids is 1. The number of nitrogens with zero attached hydrogens (tertiary/aromatic N) is 2. The molecule has 0 saturated carbocycles. The van der Waals surface area contributed by atoms with Gasteiger partial charge in [-0.1, -0.05) is 18.2 Å². The number of carbonyl (C=O) groups is 1. The van der Waals surface area contributed by atoms with Crippen LogP contribution in [0, 0.1) is 0 Å². The lowest BCUT2D eigenvalue weighted by atomic mass is 10.1. The fraction of sp³-hybridized carbons (Fsp3) is 0.333. The number of benzene rings is 1. The molecule has 1 atom stereocenters. The zero-order chi connectivity index (χ0) is 18.9. The highest BCUT2D eigenvalue weighted by Gasteiger charge is 2.29. The van der Waals surface area contributed by atoms with Crippen LogP contribution >= 0.6 is 11.3 Å². The van der Waals surface area contributed by atoms with Gasteiger partial charge >= 0.3 is 0 Å². The minimum Gasteiger partial charge on any atom is -0.404 e. The highest BCUT2D eigenvalue weighted by Crippen LogP contribution is 2.35. The van der Waals surface area contributed by atoms with Crippen molar-refractivity contribution in [2.75, 3.05) is 14.2 Å². The van der Waals surface area contributed by atoms with Crippen LogP contribution in [0.1, 0.15) is 27.2 Å². The SMILES string of the molecule is CON(C)C(=O)c1csc(C(O[Si](C)(C)C)c2c[nH]c3ccccc23)n1. The maximum Gasteiger partial charge on any atom is 0.296 e. The van der Waals surface area contributed by atoms with E-state index in [0.717, 1.165) is 21.5 Å². The molecule has 0 aliphatic heterocycles. The van der Waals surface area contributed by atoms with Crippen molar-refractivity contribution >= 4 is 36.5 Å². The monoisotopic (exact) mass is 389 g/mol. The molecule has 2 heterocycles. The standard InChI is InChI=1S/C18H23N3O3SSi/c1-21(23-2)18(22)15-11-25-17(20-15)16(24-26(3,4)5)13-10-19-14-9-7-6-8-12(13)14/h6-11,16,19H,1-5H3. The Morgan fingerprint density at radius 1 is 1.31 bits per heavy atom. The summed E-state index contributed by atoms with van der Waals surface area (Å²) < 4.78 is 6.47. The van der Waals surface area contributed by atoms with Crippen LogP contribution in [0.4, 0.5) is 0 Å². The normalized spacial score (nSPS) is 13.1. The molecule has 3 aromatic rings. The Balaban J connectivity index is 2.03. The van der Waals surface area contributed by atoms with Gasteiger partial charge in [-0.3, -0.25) is 9.63 Å². The number of nitrogens with one attached hydrogen (secondary N) is 1. The van der Waals surface area contributed by atoms with Crippen molar-refractivity contribution in [3.63, 3.8) is 0 Å². The second-order valence-electron chi connectivity index (χ2n) is 6.96. The van der Waals surface area contributed by atoms with E-state index in [1.54, 1.807) is 12.4 Å². The minimum atomic E-state index is -1.86. The fourth-order valence-electron chi connectivity index (χ4n) is 2.66. The smallest absolute Gasteiger partial charge is 0.296 e. The molecule has 0 saturated heterocycles. The lowest BCUT2D eigenvalue weighted by Gasteiger charge is -2.25. The van der Waals surface area contributed by atoms with Crippen LogP contribution in [-0.4, -0.2) is 43.4 Å².